The summed E-state index contributed by atoms with van der Waals surface area (Å²) in [5, 5.41) is 9.31. The van der Waals surface area contributed by atoms with E-state index in [0.717, 1.165) is 61.0 Å². The number of hydrogen-bond donors (Lipinski definition) is 0. The summed E-state index contributed by atoms with van der Waals surface area (Å²) >= 11 is 6.30. The number of piperazine rings is 1. The van der Waals surface area contributed by atoms with Crippen molar-refractivity contribution in [3.05, 3.63) is 53.6 Å². The van der Waals surface area contributed by atoms with Gasteiger partial charge in [0.25, 0.3) is 0 Å². The molecule has 3 aromatic rings. The van der Waals surface area contributed by atoms with Crippen molar-refractivity contribution < 1.29 is 0 Å². The Morgan fingerprint density at radius 2 is 1.62 bits per heavy atom. The van der Waals surface area contributed by atoms with Crippen LogP contribution < -0.4 is 4.90 Å². The van der Waals surface area contributed by atoms with E-state index in [2.05, 4.69) is 32.2 Å². The molecule has 0 amide bonds. The van der Waals surface area contributed by atoms with Crippen LogP contribution in [-0.2, 0) is 6.54 Å². The maximum atomic E-state index is 6.30. The Hall–Kier alpha value is -2.11. The summed E-state index contributed by atoms with van der Waals surface area (Å²) in [5.74, 6) is 0. The molecule has 2 aromatic carbocycles. The monoisotopic (exact) mass is 341 g/mol. The number of fused-ring (bicyclic) bond motifs is 1. The molecule has 5 nitrogen and oxygen atoms in total. The average molecular weight is 342 g/mol. The first-order valence-corrected chi connectivity index (χ1v) is 8.69. The fraction of sp³-hybridized carbons (Fsp3) is 0.333. The third kappa shape index (κ3) is 3.09. The molecule has 4 rings (SSSR count). The lowest BCUT2D eigenvalue weighted by molar-refractivity contribution is 0.245. The Labute approximate surface area is 146 Å². The highest BCUT2D eigenvalue weighted by molar-refractivity contribution is 6.33. The third-order valence-corrected chi connectivity index (χ3v) is 4.93. The number of aromatic nitrogens is 3. The van der Waals surface area contributed by atoms with E-state index in [4.69, 9.17) is 11.6 Å². The number of nitrogens with zero attached hydrogens (tertiary/aromatic N) is 5. The number of anilines is 1. The van der Waals surface area contributed by atoms with Gasteiger partial charge in [0.15, 0.2) is 0 Å². The molecule has 0 aliphatic carbocycles. The van der Waals surface area contributed by atoms with Crippen molar-refractivity contribution in [2.45, 2.75) is 6.54 Å². The van der Waals surface area contributed by atoms with Crippen LogP contribution in [-0.4, -0.2) is 52.6 Å². The molecule has 2 heterocycles. The first-order valence-electron chi connectivity index (χ1n) is 8.31. The Morgan fingerprint density at radius 3 is 2.46 bits per heavy atom. The quantitative estimate of drug-likeness (QED) is 0.731. The zero-order chi connectivity index (χ0) is 16.4. The number of rotatable bonds is 4. The van der Waals surface area contributed by atoms with E-state index in [1.165, 1.54) is 0 Å². The summed E-state index contributed by atoms with van der Waals surface area (Å²) in [6, 6.07) is 16.2. The van der Waals surface area contributed by atoms with E-state index < -0.39 is 0 Å². The van der Waals surface area contributed by atoms with Crippen LogP contribution in [0.2, 0.25) is 5.02 Å². The SMILES string of the molecule is Clc1ccccc1N1CCN(CCn2nnc3ccccc32)CC1. The predicted molar refractivity (Wildman–Crippen MR) is 97.6 cm³/mol. The van der Waals surface area contributed by atoms with E-state index in [1.807, 2.05) is 41.1 Å². The molecule has 0 atom stereocenters. The van der Waals surface area contributed by atoms with Crippen molar-refractivity contribution in [2.24, 2.45) is 0 Å². The summed E-state index contributed by atoms with van der Waals surface area (Å²) in [6.07, 6.45) is 0. The second-order valence-corrected chi connectivity index (χ2v) is 6.49. The number of para-hydroxylation sites is 2. The molecule has 6 heteroatoms. The molecular formula is C18H20ClN5. The fourth-order valence-corrected chi connectivity index (χ4v) is 3.49. The lowest BCUT2D eigenvalue weighted by atomic mass is 10.2. The van der Waals surface area contributed by atoms with Crippen LogP contribution in [0.25, 0.3) is 11.0 Å². The summed E-state index contributed by atoms with van der Waals surface area (Å²) in [7, 11) is 0. The van der Waals surface area contributed by atoms with Crippen LogP contribution in [0.5, 0.6) is 0 Å². The molecular weight excluding hydrogens is 322 g/mol. The van der Waals surface area contributed by atoms with Crippen LogP contribution in [0.15, 0.2) is 48.5 Å². The van der Waals surface area contributed by atoms with Gasteiger partial charge in [-0.05, 0) is 24.3 Å². The third-order valence-electron chi connectivity index (χ3n) is 4.61. The molecule has 0 bridgehead atoms. The van der Waals surface area contributed by atoms with Crippen LogP contribution in [0.1, 0.15) is 0 Å². The molecule has 0 spiro atoms. The minimum absolute atomic E-state index is 0.833. The molecule has 124 valence electrons. The molecule has 0 unspecified atom stereocenters. The zero-order valence-electron chi connectivity index (χ0n) is 13.5. The predicted octanol–water partition coefficient (Wildman–Crippen LogP) is 2.91. The number of benzene rings is 2. The summed E-state index contributed by atoms with van der Waals surface area (Å²) < 4.78 is 2.00. The second kappa shape index (κ2) is 6.79. The average Bonchev–Trinajstić information content (AvgIpc) is 3.04. The molecule has 24 heavy (non-hydrogen) atoms. The van der Waals surface area contributed by atoms with Gasteiger partial charge in [0.2, 0.25) is 0 Å². The van der Waals surface area contributed by atoms with Gasteiger partial charge in [0.05, 0.1) is 22.8 Å². The van der Waals surface area contributed by atoms with Gasteiger partial charge in [-0.1, -0.05) is 41.1 Å². The molecule has 1 aliphatic heterocycles. The smallest absolute Gasteiger partial charge is 0.113 e. The molecule has 1 fully saturated rings. The van der Waals surface area contributed by atoms with Crippen LogP contribution >= 0.6 is 11.6 Å². The van der Waals surface area contributed by atoms with Crippen molar-refractivity contribution >= 4 is 28.3 Å². The van der Waals surface area contributed by atoms with E-state index in [-0.39, 0.29) is 0 Å². The maximum absolute atomic E-state index is 6.30. The zero-order valence-corrected chi connectivity index (χ0v) is 14.2. The first kappa shape index (κ1) is 15.4. The van der Waals surface area contributed by atoms with Crippen LogP contribution in [0.4, 0.5) is 5.69 Å². The minimum Gasteiger partial charge on any atom is -0.368 e. The van der Waals surface area contributed by atoms with Gasteiger partial charge >= 0.3 is 0 Å². The lowest BCUT2D eigenvalue weighted by Gasteiger charge is -2.36. The van der Waals surface area contributed by atoms with Crippen LogP contribution in [0, 0.1) is 0 Å². The molecule has 1 saturated heterocycles. The molecule has 1 aromatic heterocycles. The Bertz CT molecular complexity index is 823. The Morgan fingerprint density at radius 1 is 0.875 bits per heavy atom. The van der Waals surface area contributed by atoms with Crippen molar-refractivity contribution in [3.63, 3.8) is 0 Å². The maximum Gasteiger partial charge on any atom is 0.113 e. The van der Waals surface area contributed by atoms with E-state index in [0.29, 0.717) is 0 Å². The molecule has 0 saturated carbocycles. The number of hydrogen-bond acceptors (Lipinski definition) is 4. The Balaban J connectivity index is 1.34. The standard InChI is InChI=1S/C18H20ClN5/c19-15-5-1-3-7-17(15)23-12-9-22(10-13-23)11-14-24-18-8-4-2-6-16(18)20-21-24/h1-8H,9-14H2. The fourth-order valence-electron chi connectivity index (χ4n) is 3.24. The van der Waals surface area contributed by atoms with Gasteiger partial charge in [0.1, 0.15) is 5.52 Å². The molecule has 1 aliphatic rings. The van der Waals surface area contributed by atoms with E-state index in [9.17, 15) is 0 Å². The summed E-state index contributed by atoms with van der Waals surface area (Å²) in [6.45, 7) is 5.94. The van der Waals surface area contributed by atoms with Gasteiger partial charge in [-0.2, -0.15) is 0 Å². The van der Waals surface area contributed by atoms with Gasteiger partial charge in [-0.3, -0.25) is 4.90 Å². The van der Waals surface area contributed by atoms with Gasteiger partial charge in [0, 0.05) is 32.7 Å². The summed E-state index contributed by atoms with van der Waals surface area (Å²) in [4.78, 5) is 4.84. The van der Waals surface area contributed by atoms with Gasteiger partial charge in [-0.25, -0.2) is 4.68 Å². The van der Waals surface area contributed by atoms with E-state index in [1.54, 1.807) is 0 Å². The second-order valence-electron chi connectivity index (χ2n) is 6.08. The highest BCUT2D eigenvalue weighted by atomic mass is 35.5. The largest absolute Gasteiger partial charge is 0.368 e. The van der Waals surface area contributed by atoms with Crippen molar-refractivity contribution in [1.82, 2.24) is 19.9 Å². The van der Waals surface area contributed by atoms with Crippen molar-refractivity contribution in [2.75, 3.05) is 37.6 Å². The topological polar surface area (TPSA) is 37.2 Å². The number of halogens is 1. The Kier molecular flexibility index (Phi) is 4.36. The highest BCUT2D eigenvalue weighted by Crippen LogP contribution is 2.26. The van der Waals surface area contributed by atoms with Gasteiger partial charge < -0.3 is 4.90 Å². The molecule has 0 N–H and O–H groups in total. The first-order chi connectivity index (χ1) is 11.8. The van der Waals surface area contributed by atoms with Crippen molar-refractivity contribution in [3.8, 4) is 0 Å². The van der Waals surface area contributed by atoms with Gasteiger partial charge in [-0.15, -0.1) is 5.10 Å². The summed E-state index contributed by atoms with van der Waals surface area (Å²) in [5.41, 5.74) is 3.20. The normalized spacial score (nSPS) is 16.0. The lowest BCUT2D eigenvalue weighted by Crippen LogP contribution is -2.47. The minimum atomic E-state index is 0.833. The highest BCUT2D eigenvalue weighted by Gasteiger charge is 2.18. The van der Waals surface area contributed by atoms with Crippen molar-refractivity contribution in [1.29, 1.82) is 0 Å². The van der Waals surface area contributed by atoms with E-state index >= 15 is 0 Å². The van der Waals surface area contributed by atoms with Crippen LogP contribution in [0.3, 0.4) is 0 Å². The molecule has 0 radical (unpaired) electrons.